The lowest BCUT2D eigenvalue weighted by molar-refractivity contribution is -0.125. The van der Waals surface area contributed by atoms with Gasteiger partial charge in [-0.1, -0.05) is 78.6 Å². The van der Waals surface area contributed by atoms with Crippen molar-refractivity contribution >= 4 is 11.7 Å². The maximum absolute atomic E-state index is 11.8. The van der Waals surface area contributed by atoms with E-state index in [1.807, 2.05) is 0 Å². The van der Waals surface area contributed by atoms with Crippen LogP contribution in [0.15, 0.2) is 0 Å². The van der Waals surface area contributed by atoms with Crippen LogP contribution in [0.25, 0.3) is 0 Å². The fourth-order valence-corrected chi connectivity index (χ4v) is 2.83. The van der Waals surface area contributed by atoms with Crippen LogP contribution in [0, 0.1) is 5.92 Å². The zero-order chi connectivity index (χ0) is 18.0. The molecule has 0 fully saturated rings. The van der Waals surface area contributed by atoms with Gasteiger partial charge in [-0.3, -0.25) is 9.59 Å². The zero-order valence-corrected chi connectivity index (χ0v) is 16.5. The summed E-state index contributed by atoms with van der Waals surface area (Å²) in [7, 11) is 0. The van der Waals surface area contributed by atoms with Gasteiger partial charge in [-0.05, 0) is 18.8 Å². The first-order chi connectivity index (χ1) is 11.6. The molecular formula is C21H41NO2. The monoisotopic (exact) mass is 339 g/mol. The van der Waals surface area contributed by atoms with E-state index < -0.39 is 0 Å². The second kappa shape index (κ2) is 17.0. The van der Waals surface area contributed by atoms with Crippen LogP contribution >= 0.6 is 0 Å². The molecule has 0 aliphatic heterocycles. The van der Waals surface area contributed by atoms with Gasteiger partial charge in [-0.2, -0.15) is 0 Å². The Hall–Kier alpha value is -0.860. The average molecular weight is 340 g/mol. The highest BCUT2D eigenvalue weighted by molar-refractivity contribution is 5.84. The smallest absolute Gasteiger partial charge is 0.220 e. The van der Waals surface area contributed by atoms with Crippen molar-refractivity contribution in [1.29, 1.82) is 0 Å². The molecule has 3 nitrogen and oxygen atoms in total. The number of hydrogen-bond acceptors (Lipinski definition) is 2. The summed E-state index contributed by atoms with van der Waals surface area (Å²) in [6.07, 6.45) is 14.7. The van der Waals surface area contributed by atoms with E-state index in [2.05, 4.69) is 26.1 Å². The Kier molecular flexibility index (Phi) is 16.4. The first kappa shape index (κ1) is 23.1. The van der Waals surface area contributed by atoms with Gasteiger partial charge in [0.05, 0.1) is 0 Å². The number of carbonyl (C=O) groups excluding carboxylic acids is 2. The number of hydrogen-bond donors (Lipinski definition) is 1. The number of nitrogens with one attached hydrogen (secondary N) is 1. The summed E-state index contributed by atoms with van der Waals surface area (Å²) in [5.74, 6) is 1.07. The highest BCUT2D eigenvalue weighted by atomic mass is 16.2. The van der Waals surface area contributed by atoms with E-state index in [0.29, 0.717) is 19.3 Å². The van der Waals surface area contributed by atoms with Gasteiger partial charge >= 0.3 is 0 Å². The van der Waals surface area contributed by atoms with Crippen molar-refractivity contribution in [3.8, 4) is 0 Å². The lowest BCUT2D eigenvalue weighted by atomic mass is 10.0. The summed E-state index contributed by atoms with van der Waals surface area (Å²) in [6.45, 7) is 7.48. The largest absolute Gasteiger partial charge is 0.356 e. The van der Waals surface area contributed by atoms with Gasteiger partial charge in [-0.15, -0.1) is 0 Å². The van der Waals surface area contributed by atoms with Crippen LogP contribution in [-0.4, -0.2) is 18.2 Å². The molecule has 0 aliphatic carbocycles. The molecule has 0 saturated heterocycles. The summed E-state index contributed by atoms with van der Waals surface area (Å²) >= 11 is 0. The normalized spacial score (nSPS) is 11.0. The molecule has 0 rings (SSSR count). The van der Waals surface area contributed by atoms with Crippen molar-refractivity contribution in [2.75, 3.05) is 6.54 Å². The molecule has 3 heteroatoms. The number of rotatable bonds is 17. The molecule has 1 N–H and O–H groups in total. The topological polar surface area (TPSA) is 46.2 Å². The Morgan fingerprint density at radius 1 is 0.750 bits per heavy atom. The third-order valence-electron chi connectivity index (χ3n) is 4.47. The number of ketones is 1. The fraction of sp³-hybridized carbons (Fsp3) is 0.905. The molecule has 0 heterocycles. The minimum atomic E-state index is 0.0356. The second-order valence-electron chi connectivity index (χ2n) is 7.50. The van der Waals surface area contributed by atoms with Gasteiger partial charge in [0.15, 0.2) is 0 Å². The van der Waals surface area contributed by atoms with E-state index >= 15 is 0 Å². The maximum atomic E-state index is 11.8. The molecule has 0 aromatic rings. The van der Waals surface area contributed by atoms with E-state index in [0.717, 1.165) is 31.7 Å². The Labute approximate surface area is 150 Å². The van der Waals surface area contributed by atoms with Crippen LogP contribution in [-0.2, 0) is 9.59 Å². The minimum Gasteiger partial charge on any atom is -0.356 e. The summed E-state index contributed by atoms with van der Waals surface area (Å²) in [4.78, 5) is 23.5. The molecule has 0 aliphatic rings. The van der Waals surface area contributed by atoms with Crippen LogP contribution in [0.2, 0.25) is 0 Å². The summed E-state index contributed by atoms with van der Waals surface area (Å²) in [6, 6.07) is 0. The van der Waals surface area contributed by atoms with Crippen molar-refractivity contribution in [3.05, 3.63) is 0 Å². The molecule has 0 bridgehead atoms. The summed E-state index contributed by atoms with van der Waals surface area (Å²) in [5, 5.41) is 2.94. The summed E-state index contributed by atoms with van der Waals surface area (Å²) in [5.41, 5.74) is 0. The third kappa shape index (κ3) is 17.5. The van der Waals surface area contributed by atoms with Crippen molar-refractivity contribution in [2.45, 2.75) is 111 Å². The van der Waals surface area contributed by atoms with Crippen LogP contribution in [0.3, 0.4) is 0 Å². The quantitative estimate of drug-likeness (QED) is 0.340. The first-order valence-electron chi connectivity index (χ1n) is 10.3. The van der Waals surface area contributed by atoms with Crippen LogP contribution in [0.4, 0.5) is 0 Å². The van der Waals surface area contributed by atoms with Crippen molar-refractivity contribution in [1.82, 2.24) is 5.32 Å². The Morgan fingerprint density at radius 2 is 1.38 bits per heavy atom. The van der Waals surface area contributed by atoms with E-state index in [1.54, 1.807) is 0 Å². The molecular weight excluding hydrogens is 298 g/mol. The number of carbonyl (C=O) groups is 2. The van der Waals surface area contributed by atoms with Crippen LogP contribution < -0.4 is 5.32 Å². The Balaban J connectivity index is 3.37. The van der Waals surface area contributed by atoms with E-state index in [1.165, 1.54) is 51.4 Å². The SMILES string of the molecule is CCCCCCCCC(=O)CCC(=O)NCCCCCCC(C)C. The van der Waals surface area contributed by atoms with Gasteiger partial charge in [0.25, 0.3) is 0 Å². The number of Topliss-reactive ketones (excluding diaryl/α,β-unsaturated/α-hetero) is 1. The third-order valence-corrected chi connectivity index (χ3v) is 4.47. The predicted octanol–water partition coefficient (Wildman–Crippen LogP) is 5.81. The molecule has 0 unspecified atom stereocenters. The number of unbranched alkanes of at least 4 members (excludes halogenated alkanes) is 8. The van der Waals surface area contributed by atoms with Crippen molar-refractivity contribution < 1.29 is 9.59 Å². The standard InChI is InChI=1S/C21H41NO2/c1-4-5-6-7-8-12-15-20(23)16-17-21(24)22-18-13-10-9-11-14-19(2)3/h19H,4-18H2,1-3H3,(H,22,24). The Bertz CT molecular complexity index is 313. The molecule has 0 spiro atoms. The lowest BCUT2D eigenvalue weighted by Crippen LogP contribution is -2.24. The van der Waals surface area contributed by atoms with Gasteiger partial charge in [0.2, 0.25) is 5.91 Å². The van der Waals surface area contributed by atoms with Crippen molar-refractivity contribution in [3.63, 3.8) is 0 Å². The molecule has 24 heavy (non-hydrogen) atoms. The maximum Gasteiger partial charge on any atom is 0.220 e. The molecule has 0 saturated carbocycles. The van der Waals surface area contributed by atoms with Crippen molar-refractivity contribution in [2.24, 2.45) is 5.92 Å². The second-order valence-corrected chi connectivity index (χ2v) is 7.50. The highest BCUT2D eigenvalue weighted by Crippen LogP contribution is 2.10. The van der Waals surface area contributed by atoms with Gasteiger partial charge in [0.1, 0.15) is 5.78 Å². The van der Waals surface area contributed by atoms with Crippen LogP contribution in [0.1, 0.15) is 111 Å². The molecule has 1 amide bonds. The zero-order valence-electron chi connectivity index (χ0n) is 16.5. The minimum absolute atomic E-state index is 0.0356. The summed E-state index contributed by atoms with van der Waals surface area (Å²) < 4.78 is 0. The predicted molar refractivity (Wildman–Crippen MR) is 103 cm³/mol. The first-order valence-corrected chi connectivity index (χ1v) is 10.3. The van der Waals surface area contributed by atoms with E-state index in [4.69, 9.17) is 0 Å². The fourth-order valence-electron chi connectivity index (χ4n) is 2.83. The molecule has 142 valence electrons. The highest BCUT2D eigenvalue weighted by Gasteiger charge is 2.06. The van der Waals surface area contributed by atoms with Gasteiger partial charge in [-0.25, -0.2) is 0 Å². The number of amides is 1. The van der Waals surface area contributed by atoms with Gasteiger partial charge in [0, 0.05) is 25.8 Å². The average Bonchev–Trinajstić information content (AvgIpc) is 2.55. The van der Waals surface area contributed by atoms with Crippen LogP contribution in [0.5, 0.6) is 0 Å². The molecule has 0 aromatic carbocycles. The molecule has 0 aromatic heterocycles. The van der Waals surface area contributed by atoms with Gasteiger partial charge < -0.3 is 5.32 Å². The molecule has 0 radical (unpaired) electrons. The van der Waals surface area contributed by atoms with E-state index in [-0.39, 0.29) is 11.7 Å². The van der Waals surface area contributed by atoms with E-state index in [9.17, 15) is 9.59 Å². The lowest BCUT2D eigenvalue weighted by Gasteiger charge is -2.06. The Morgan fingerprint density at radius 3 is 2.08 bits per heavy atom. The molecule has 0 atom stereocenters.